The maximum atomic E-state index is 11.5. The van der Waals surface area contributed by atoms with Gasteiger partial charge in [0.2, 0.25) is 5.95 Å². The van der Waals surface area contributed by atoms with Crippen molar-refractivity contribution in [3.63, 3.8) is 0 Å². The van der Waals surface area contributed by atoms with Crippen LogP contribution in [0.4, 0.5) is 5.95 Å². The Morgan fingerprint density at radius 2 is 2.29 bits per heavy atom. The lowest BCUT2D eigenvalue weighted by Gasteiger charge is -2.03. The summed E-state index contributed by atoms with van der Waals surface area (Å²) in [6.07, 6.45) is 3.09. The molecule has 0 fully saturated rings. The minimum absolute atomic E-state index is 0.116. The molecular formula is C14H15BrN4O2. The third-order valence-corrected chi connectivity index (χ3v) is 3.16. The van der Waals surface area contributed by atoms with E-state index in [0.29, 0.717) is 11.3 Å². The first kappa shape index (κ1) is 15.2. The van der Waals surface area contributed by atoms with Crippen molar-refractivity contribution in [1.29, 1.82) is 0 Å². The standard InChI is InChI=1S/C14H15BrN4O2/c1-2-3-11-7-13(21)18-14(17-11)19-16-8-9-6-10(15)4-5-12(9)20/h4-8,20H,2-3H2,1H3,(H2,17,18,19,21)/b16-8-. The van der Waals surface area contributed by atoms with E-state index in [-0.39, 0.29) is 17.3 Å². The molecule has 3 N–H and O–H groups in total. The van der Waals surface area contributed by atoms with Gasteiger partial charge in [-0.15, -0.1) is 0 Å². The number of phenols is 1. The van der Waals surface area contributed by atoms with E-state index in [1.165, 1.54) is 12.3 Å². The Labute approximate surface area is 130 Å². The van der Waals surface area contributed by atoms with E-state index in [1.807, 2.05) is 6.92 Å². The van der Waals surface area contributed by atoms with Gasteiger partial charge in [0, 0.05) is 21.8 Å². The Hall–Kier alpha value is -2.15. The molecule has 2 aromatic rings. The van der Waals surface area contributed by atoms with Crippen LogP contribution < -0.4 is 11.0 Å². The molecule has 1 aromatic heterocycles. The first-order chi connectivity index (χ1) is 10.1. The van der Waals surface area contributed by atoms with Crippen molar-refractivity contribution in [2.75, 3.05) is 5.43 Å². The number of aromatic amines is 1. The number of phenolic OH excluding ortho intramolecular Hbond substituents is 1. The van der Waals surface area contributed by atoms with Gasteiger partial charge in [-0.25, -0.2) is 10.4 Å². The number of aromatic hydroxyl groups is 1. The highest BCUT2D eigenvalue weighted by Crippen LogP contribution is 2.20. The number of rotatable bonds is 5. The van der Waals surface area contributed by atoms with E-state index in [9.17, 15) is 9.90 Å². The van der Waals surface area contributed by atoms with Crippen molar-refractivity contribution >= 4 is 28.1 Å². The van der Waals surface area contributed by atoms with Crippen molar-refractivity contribution < 1.29 is 5.11 Å². The van der Waals surface area contributed by atoms with E-state index < -0.39 is 0 Å². The fourth-order valence-electron chi connectivity index (χ4n) is 1.74. The van der Waals surface area contributed by atoms with Crippen molar-refractivity contribution in [3.05, 3.63) is 50.3 Å². The van der Waals surface area contributed by atoms with Crippen molar-refractivity contribution in [2.24, 2.45) is 5.10 Å². The minimum atomic E-state index is -0.226. The number of hydrogen-bond acceptors (Lipinski definition) is 5. The molecule has 0 atom stereocenters. The Bertz CT molecular complexity index is 712. The predicted molar refractivity (Wildman–Crippen MR) is 85.9 cm³/mol. The van der Waals surface area contributed by atoms with E-state index in [1.54, 1.807) is 18.2 Å². The Morgan fingerprint density at radius 3 is 3.05 bits per heavy atom. The summed E-state index contributed by atoms with van der Waals surface area (Å²) < 4.78 is 0.832. The van der Waals surface area contributed by atoms with E-state index in [4.69, 9.17) is 0 Å². The normalized spacial score (nSPS) is 11.0. The Morgan fingerprint density at radius 1 is 1.48 bits per heavy atom. The van der Waals surface area contributed by atoms with Gasteiger partial charge >= 0.3 is 0 Å². The quantitative estimate of drug-likeness (QED) is 0.571. The predicted octanol–water partition coefficient (Wildman–Crippen LogP) is 2.64. The number of H-pyrrole nitrogens is 1. The lowest BCUT2D eigenvalue weighted by Crippen LogP contribution is -2.11. The van der Waals surface area contributed by atoms with Crippen LogP contribution in [0, 0.1) is 0 Å². The molecule has 0 spiro atoms. The molecule has 0 aliphatic heterocycles. The fraction of sp³-hybridized carbons (Fsp3) is 0.214. The summed E-state index contributed by atoms with van der Waals surface area (Å²) in [5.74, 6) is 0.390. The zero-order chi connectivity index (χ0) is 15.2. The molecule has 1 aromatic carbocycles. The van der Waals surface area contributed by atoms with Crippen molar-refractivity contribution in [2.45, 2.75) is 19.8 Å². The second-order valence-electron chi connectivity index (χ2n) is 4.41. The largest absolute Gasteiger partial charge is 0.507 e. The van der Waals surface area contributed by atoms with E-state index >= 15 is 0 Å². The summed E-state index contributed by atoms with van der Waals surface area (Å²) in [7, 11) is 0. The molecule has 1 heterocycles. The molecule has 7 heteroatoms. The third-order valence-electron chi connectivity index (χ3n) is 2.66. The third kappa shape index (κ3) is 4.42. The molecule has 0 amide bonds. The summed E-state index contributed by atoms with van der Waals surface area (Å²) in [4.78, 5) is 18.3. The molecule has 0 bridgehead atoms. The number of aryl methyl sites for hydroxylation is 1. The van der Waals surface area contributed by atoms with Crippen LogP contribution in [0.15, 0.2) is 38.6 Å². The second-order valence-corrected chi connectivity index (χ2v) is 5.32. The van der Waals surface area contributed by atoms with Gasteiger partial charge < -0.3 is 5.11 Å². The SMILES string of the molecule is CCCc1cc(=O)[nH]c(N/N=C\c2cc(Br)ccc2O)n1. The number of benzene rings is 1. The maximum Gasteiger partial charge on any atom is 0.252 e. The molecule has 0 aliphatic rings. The van der Waals surface area contributed by atoms with Crippen LogP contribution in [-0.2, 0) is 6.42 Å². The zero-order valence-electron chi connectivity index (χ0n) is 11.4. The van der Waals surface area contributed by atoms with Crippen LogP contribution in [0.1, 0.15) is 24.6 Å². The molecule has 0 saturated heterocycles. The van der Waals surface area contributed by atoms with Gasteiger partial charge in [0.1, 0.15) is 5.75 Å². The molecule has 21 heavy (non-hydrogen) atoms. The number of anilines is 1. The average molecular weight is 351 g/mol. The van der Waals surface area contributed by atoms with Crippen molar-refractivity contribution in [3.8, 4) is 5.75 Å². The second kappa shape index (κ2) is 7.03. The van der Waals surface area contributed by atoms with Gasteiger partial charge in [0.25, 0.3) is 5.56 Å². The molecule has 0 unspecified atom stereocenters. The van der Waals surface area contributed by atoms with Gasteiger partial charge in [-0.05, 0) is 24.6 Å². The summed E-state index contributed by atoms with van der Waals surface area (Å²) in [5.41, 5.74) is 3.69. The fourth-order valence-corrected chi connectivity index (χ4v) is 2.12. The molecule has 0 saturated carbocycles. The summed E-state index contributed by atoms with van der Waals surface area (Å²) in [5, 5.41) is 13.6. The summed E-state index contributed by atoms with van der Waals surface area (Å²) >= 11 is 3.32. The molecule has 0 radical (unpaired) electrons. The van der Waals surface area contributed by atoms with E-state index in [2.05, 4.69) is 36.4 Å². The molecule has 0 aliphatic carbocycles. The van der Waals surface area contributed by atoms with Gasteiger partial charge in [-0.1, -0.05) is 29.3 Å². The smallest absolute Gasteiger partial charge is 0.252 e. The van der Waals surface area contributed by atoms with Crippen LogP contribution in [0.5, 0.6) is 5.75 Å². The van der Waals surface area contributed by atoms with Gasteiger partial charge in [0.15, 0.2) is 0 Å². The zero-order valence-corrected chi connectivity index (χ0v) is 13.0. The summed E-state index contributed by atoms with van der Waals surface area (Å²) in [6.45, 7) is 2.02. The number of hydrazone groups is 1. The monoisotopic (exact) mass is 350 g/mol. The molecule has 6 nitrogen and oxygen atoms in total. The van der Waals surface area contributed by atoms with Crippen LogP contribution in [0.2, 0.25) is 0 Å². The number of nitrogens with one attached hydrogen (secondary N) is 2. The van der Waals surface area contributed by atoms with Gasteiger partial charge in [0.05, 0.1) is 6.21 Å². The first-order valence-electron chi connectivity index (χ1n) is 6.46. The van der Waals surface area contributed by atoms with Crippen LogP contribution in [-0.4, -0.2) is 21.3 Å². The number of nitrogens with zero attached hydrogens (tertiary/aromatic N) is 2. The summed E-state index contributed by atoms with van der Waals surface area (Å²) in [6, 6.07) is 6.49. The molecular weight excluding hydrogens is 336 g/mol. The number of hydrogen-bond donors (Lipinski definition) is 3. The maximum absolute atomic E-state index is 11.5. The molecule has 110 valence electrons. The van der Waals surface area contributed by atoms with Crippen LogP contribution in [0.3, 0.4) is 0 Å². The van der Waals surface area contributed by atoms with E-state index in [0.717, 1.165) is 17.3 Å². The Kier molecular flexibility index (Phi) is 5.10. The highest BCUT2D eigenvalue weighted by Gasteiger charge is 2.01. The molecule has 2 rings (SSSR count). The Balaban J connectivity index is 2.14. The van der Waals surface area contributed by atoms with Crippen LogP contribution in [0.25, 0.3) is 0 Å². The first-order valence-corrected chi connectivity index (χ1v) is 7.25. The van der Waals surface area contributed by atoms with Gasteiger partial charge in [-0.2, -0.15) is 5.10 Å². The lowest BCUT2D eigenvalue weighted by atomic mass is 10.2. The number of halogens is 1. The minimum Gasteiger partial charge on any atom is -0.507 e. The van der Waals surface area contributed by atoms with Gasteiger partial charge in [-0.3, -0.25) is 9.78 Å². The average Bonchev–Trinajstić information content (AvgIpc) is 2.42. The van der Waals surface area contributed by atoms with Crippen molar-refractivity contribution in [1.82, 2.24) is 9.97 Å². The topological polar surface area (TPSA) is 90.4 Å². The van der Waals surface area contributed by atoms with Crippen LogP contribution >= 0.6 is 15.9 Å². The lowest BCUT2D eigenvalue weighted by molar-refractivity contribution is 0.474. The highest BCUT2D eigenvalue weighted by atomic mass is 79.9. The highest BCUT2D eigenvalue weighted by molar-refractivity contribution is 9.10. The number of aromatic nitrogens is 2.